The minimum absolute atomic E-state index is 0.107. The van der Waals surface area contributed by atoms with Crippen LogP contribution < -0.4 is 20.7 Å². The number of fused-ring (bicyclic) bond motifs is 1. The first-order valence-electron chi connectivity index (χ1n) is 14.3. The zero-order chi connectivity index (χ0) is 29.3. The molecule has 0 fully saturated rings. The summed E-state index contributed by atoms with van der Waals surface area (Å²) >= 11 is 6.47. The average Bonchev–Trinajstić information content (AvgIpc) is 3.48. The molecule has 42 heavy (non-hydrogen) atoms. The van der Waals surface area contributed by atoms with Crippen molar-refractivity contribution in [2.75, 3.05) is 18.4 Å². The zero-order valence-corrected chi connectivity index (χ0v) is 24.5. The summed E-state index contributed by atoms with van der Waals surface area (Å²) in [6, 6.07) is 21.9. The molecule has 1 atom stereocenters. The third-order valence-corrected chi connectivity index (χ3v) is 7.29. The van der Waals surface area contributed by atoms with Gasteiger partial charge in [0.05, 0.1) is 17.1 Å². The van der Waals surface area contributed by atoms with Gasteiger partial charge in [-0.05, 0) is 73.5 Å². The van der Waals surface area contributed by atoms with Crippen LogP contribution in [0.1, 0.15) is 38.9 Å². The van der Waals surface area contributed by atoms with E-state index in [4.69, 9.17) is 20.8 Å². The quantitative estimate of drug-likeness (QED) is 0.112. The van der Waals surface area contributed by atoms with E-state index in [-0.39, 0.29) is 5.75 Å². The Balaban J connectivity index is 1.25. The van der Waals surface area contributed by atoms with Gasteiger partial charge < -0.3 is 25.1 Å². The summed E-state index contributed by atoms with van der Waals surface area (Å²) in [6.07, 6.45) is 5.06. The predicted molar refractivity (Wildman–Crippen MR) is 167 cm³/mol. The molecule has 0 saturated heterocycles. The fourth-order valence-corrected chi connectivity index (χ4v) is 4.98. The van der Waals surface area contributed by atoms with Gasteiger partial charge in [-0.1, -0.05) is 44.0 Å². The summed E-state index contributed by atoms with van der Waals surface area (Å²) in [5.74, 6) is 2.27. The predicted octanol–water partition coefficient (Wildman–Crippen LogP) is 8.48. The van der Waals surface area contributed by atoms with Crippen LogP contribution in [0, 0.1) is 5.82 Å². The smallest absolute Gasteiger partial charge is 0.165 e. The van der Waals surface area contributed by atoms with E-state index in [0.717, 1.165) is 47.5 Å². The third-order valence-electron chi connectivity index (χ3n) is 7.00. The minimum Gasteiger partial charge on any atom is -0.460 e. The van der Waals surface area contributed by atoms with Crippen molar-refractivity contribution in [2.45, 2.75) is 45.7 Å². The Kier molecular flexibility index (Phi) is 10.0. The van der Waals surface area contributed by atoms with Crippen LogP contribution in [0.25, 0.3) is 22.2 Å². The van der Waals surface area contributed by atoms with E-state index in [9.17, 15) is 4.39 Å². The molecule has 3 aromatic carbocycles. The summed E-state index contributed by atoms with van der Waals surface area (Å²) in [5, 5.41) is 11.5. The molecule has 2 aromatic heterocycles. The van der Waals surface area contributed by atoms with Crippen LogP contribution in [0.2, 0.25) is 5.02 Å². The first-order valence-corrected chi connectivity index (χ1v) is 14.7. The van der Waals surface area contributed by atoms with E-state index in [0.29, 0.717) is 34.9 Å². The number of hydrogen-bond donors (Lipinski definition) is 3. The Bertz CT molecular complexity index is 1630. The Hall–Kier alpha value is -3.98. The Morgan fingerprint density at radius 1 is 0.952 bits per heavy atom. The molecule has 9 heteroatoms. The number of nitrogens with one attached hydrogen (secondary N) is 3. The van der Waals surface area contributed by atoms with E-state index >= 15 is 0 Å². The molecule has 0 spiro atoms. The van der Waals surface area contributed by atoms with Crippen LogP contribution in [-0.2, 0) is 6.54 Å². The van der Waals surface area contributed by atoms with Crippen LogP contribution >= 0.6 is 11.6 Å². The topological polar surface area (TPSA) is 84.2 Å². The lowest BCUT2D eigenvalue weighted by atomic mass is 10.1. The molecular formula is C33H35ClFN5O2. The van der Waals surface area contributed by atoms with Crippen LogP contribution in [0.5, 0.6) is 11.5 Å². The number of hydrogen-bond acceptors (Lipinski definition) is 7. The van der Waals surface area contributed by atoms with Crippen LogP contribution in [0.4, 0.5) is 15.9 Å². The zero-order valence-electron chi connectivity index (χ0n) is 23.8. The van der Waals surface area contributed by atoms with Gasteiger partial charge in [0.1, 0.15) is 29.4 Å². The first-order chi connectivity index (χ1) is 20.5. The van der Waals surface area contributed by atoms with Crippen molar-refractivity contribution in [2.24, 2.45) is 0 Å². The number of furan rings is 1. The third kappa shape index (κ3) is 7.45. The fraction of sp³-hybridized carbons (Fsp3) is 0.273. The average molecular weight is 588 g/mol. The van der Waals surface area contributed by atoms with E-state index in [1.165, 1.54) is 25.2 Å². The van der Waals surface area contributed by atoms with Crippen molar-refractivity contribution in [3.05, 3.63) is 95.7 Å². The summed E-state index contributed by atoms with van der Waals surface area (Å²) in [7, 11) is 0. The molecule has 2 heterocycles. The maximum absolute atomic E-state index is 14.0. The molecule has 5 rings (SSSR count). The SMILES string of the molecule is CCCC(CC)NCCNCc1ccc(-c2ccc3ncnc(Nc4ccc(Oc5ccccc5F)c(Cl)c4)c3c2)o1. The molecule has 1 unspecified atom stereocenters. The van der Waals surface area contributed by atoms with E-state index in [1.54, 1.807) is 36.4 Å². The van der Waals surface area contributed by atoms with Gasteiger partial charge in [-0.15, -0.1) is 0 Å². The minimum atomic E-state index is -0.459. The van der Waals surface area contributed by atoms with Crippen molar-refractivity contribution >= 4 is 34.0 Å². The molecule has 0 aliphatic heterocycles. The summed E-state index contributed by atoms with van der Waals surface area (Å²) in [4.78, 5) is 8.89. The van der Waals surface area contributed by atoms with Gasteiger partial charge in [0.25, 0.3) is 0 Å². The Labute approximate surface area is 250 Å². The molecule has 0 radical (unpaired) electrons. The van der Waals surface area contributed by atoms with Gasteiger partial charge in [-0.2, -0.15) is 0 Å². The Morgan fingerprint density at radius 3 is 2.64 bits per heavy atom. The number of anilines is 2. The normalized spacial score (nSPS) is 12.0. The molecule has 5 aromatic rings. The van der Waals surface area contributed by atoms with Crippen molar-refractivity contribution in [3.8, 4) is 22.8 Å². The van der Waals surface area contributed by atoms with Crippen molar-refractivity contribution in [1.29, 1.82) is 0 Å². The summed E-state index contributed by atoms with van der Waals surface area (Å²) < 4.78 is 25.8. The van der Waals surface area contributed by atoms with Gasteiger partial charge in [-0.3, -0.25) is 0 Å². The molecule has 0 aliphatic rings. The highest BCUT2D eigenvalue weighted by molar-refractivity contribution is 6.32. The van der Waals surface area contributed by atoms with Crippen molar-refractivity contribution in [3.63, 3.8) is 0 Å². The number of rotatable bonds is 14. The largest absolute Gasteiger partial charge is 0.460 e. The van der Waals surface area contributed by atoms with Crippen LogP contribution in [0.15, 0.2) is 83.5 Å². The van der Waals surface area contributed by atoms with Crippen molar-refractivity contribution < 1.29 is 13.5 Å². The number of para-hydroxylation sites is 1. The molecule has 0 aliphatic carbocycles. The monoisotopic (exact) mass is 587 g/mol. The molecule has 0 bridgehead atoms. The highest BCUT2D eigenvalue weighted by Crippen LogP contribution is 2.35. The van der Waals surface area contributed by atoms with E-state index in [1.807, 2.05) is 30.3 Å². The Morgan fingerprint density at radius 2 is 1.83 bits per heavy atom. The maximum atomic E-state index is 14.0. The summed E-state index contributed by atoms with van der Waals surface area (Å²) in [6.45, 7) is 6.91. The lowest BCUT2D eigenvalue weighted by molar-refractivity contribution is 0.442. The first kappa shape index (κ1) is 29.5. The molecule has 3 N–H and O–H groups in total. The van der Waals surface area contributed by atoms with Crippen LogP contribution in [0.3, 0.4) is 0 Å². The highest BCUT2D eigenvalue weighted by atomic mass is 35.5. The molecule has 7 nitrogen and oxygen atoms in total. The second-order valence-electron chi connectivity index (χ2n) is 10.0. The highest BCUT2D eigenvalue weighted by Gasteiger charge is 2.12. The van der Waals surface area contributed by atoms with E-state index in [2.05, 4.69) is 39.8 Å². The lowest BCUT2D eigenvalue weighted by Gasteiger charge is -2.15. The number of halogens is 2. The van der Waals surface area contributed by atoms with Gasteiger partial charge in [0.2, 0.25) is 0 Å². The lowest BCUT2D eigenvalue weighted by Crippen LogP contribution is -2.34. The molecule has 0 amide bonds. The van der Waals surface area contributed by atoms with Gasteiger partial charge in [-0.25, -0.2) is 14.4 Å². The second kappa shape index (κ2) is 14.3. The van der Waals surface area contributed by atoms with Crippen LogP contribution in [-0.4, -0.2) is 29.1 Å². The standard InChI is InChI=1S/C33H35ClFN5O2/c1-3-7-23(4-2)37-17-16-36-20-25-12-15-30(41-25)22-10-13-29-26(18-22)33(39-21-38-29)40-24-11-14-31(27(34)19-24)42-32-9-6-5-8-28(32)35/h5-6,8-15,18-19,21,23,36-37H,3-4,7,16-17,20H2,1-2H3,(H,38,39,40). The molecule has 218 valence electrons. The van der Waals surface area contributed by atoms with Crippen molar-refractivity contribution in [1.82, 2.24) is 20.6 Å². The number of benzene rings is 3. The fourth-order valence-electron chi connectivity index (χ4n) is 4.76. The van der Waals surface area contributed by atoms with Gasteiger partial charge in [0, 0.05) is 35.8 Å². The molecule has 0 saturated carbocycles. The number of ether oxygens (including phenoxy) is 1. The van der Waals surface area contributed by atoms with E-state index < -0.39 is 5.82 Å². The maximum Gasteiger partial charge on any atom is 0.165 e. The second-order valence-corrected chi connectivity index (χ2v) is 10.5. The van der Waals surface area contributed by atoms with Gasteiger partial charge >= 0.3 is 0 Å². The molecular weight excluding hydrogens is 553 g/mol. The summed E-state index contributed by atoms with van der Waals surface area (Å²) in [5.41, 5.74) is 2.41. The van der Waals surface area contributed by atoms with Gasteiger partial charge in [0.15, 0.2) is 11.6 Å². The number of aromatic nitrogens is 2. The number of nitrogens with zero attached hydrogens (tertiary/aromatic N) is 2.